The zero-order chi connectivity index (χ0) is 22.9. The fourth-order valence-electron chi connectivity index (χ4n) is 3.30. The summed E-state index contributed by atoms with van der Waals surface area (Å²) in [4.78, 5) is 23.3. The second-order valence-electron chi connectivity index (χ2n) is 7.59. The molecule has 0 saturated carbocycles. The van der Waals surface area contributed by atoms with Crippen LogP contribution in [0.1, 0.15) is 46.0 Å². The van der Waals surface area contributed by atoms with Gasteiger partial charge in [-0.15, -0.1) is 0 Å². The van der Waals surface area contributed by atoms with E-state index in [4.69, 9.17) is 21.4 Å². The molecule has 3 aromatic carbocycles. The van der Waals surface area contributed by atoms with E-state index >= 15 is 0 Å². The topological polar surface area (TPSA) is 75.6 Å². The number of carbonyl (C=O) groups excluding carboxylic acids is 1. The van der Waals surface area contributed by atoms with Gasteiger partial charge in [-0.05, 0) is 68.3 Å². The number of nitrogens with one attached hydrogen (secondary N) is 1. The third-order valence-corrected chi connectivity index (χ3v) is 5.30. The number of carboxylic acids is 1. The zero-order valence-corrected chi connectivity index (χ0v) is 18.6. The number of ketones is 1. The van der Waals surface area contributed by atoms with Gasteiger partial charge in [0.15, 0.2) is 5.78 Å². The maximum Gasteiger partial charge on any atom is 0.317 e. The van der Waals surface area contributed by atoms with Crippen LogP contribution in [0.4, 0.5) is 0 Å². The molecule has 0 aliphatic rings. The summed E-state index contributed by atoms with van der Waals surface area (Å²) >= 11 is 6.02. The highest BCUT2D eigenvalue weighted by Gasteiger charge is 2.15. The van der Waals surface area contributed by atoms with Crippen molar-refractivity contribution in [3.8, 4) is 5.75 Å². The molecule has 0 spiro atoms. The normalized spacial score (nSPS) is 11.7. The molecule has 5 nitrogen and oxygen atoms in total. The Hall–Kier alpha value is -3.15. The summed E-state index contributed by atoms with van der Waals surface area (Å²) in [5, 5.41) is 12.3. The molecule has 1 unspecified atom stereocenters. The largest absolute Gasteiger partial charge is 0.486 e. The first-order valence-corrected chi connectivity index (χ1v) is 10.9. The van der Waals surface area contributed by atoms with Gasteiger partial charge in [0.05, 0.1) is 6.54 Å². The molecular weight excluding hydrogens is 426 g/mol. The maximum absolute atomic E-state index is 12.7. The first-order chi connectivity index (χ1) is 15.4. The third-order valence-electron chi connectivity index (χ3n) is 5.05. The number of aliphatic carboxylic acids is 1. The predicted molar refractivity (Wildman–Crippen MR) is 126 cm³/mol. The molecule has 0 heterocycles. The summed E-state index contributed by atoms with van der Waals surface area (Å²) in [6.45, 7) is 2.49. The Kier molecular flexibility index (Phi) is 8.42. The highest BCUT2D eigenvalue weighted by molar-refractivity contribution is 6.30. The Labute approximate surface area is 193 Å². The molecule has 3 rings (SSSR count). The molecule has 0 fully saturated rings. The smallest absolute Gasteiger partial charge is 0.317 e. The number of carbonyl (C=O) groups is 2. The van der Waals surface area contributed by atoms with Gasteiger partial charge in [-0.1, -0.05) is 53.6 Å². The molecule has 0 saturated heterocycles. The molecule has 0 radical (unpaired) electrons. The third kappa shape index (κ3) is 6.94. The monoisotopic (exact) mass is 451 g/mol. The van der Waals surface area contributed by atoms with Gasteiger partial charge in [-0.3, -0.25) is 9.59 Å². The van der Waals surface area contributed by atoms with Crippen LogP contribution in [0.5, 0.6) is 5.75 Å². The van der Waals surface area contributed by atoms with Crippen LogP contribution < -0.4 is 10.1 Å². The Morgan fingerprint density at radius 1 is 0.938 bits per heavy atom. The lowest BCUT2D eigenvalue weighted by Crippen LogP contribution is -2.24. The van der Waals surface area contributed by atoms with Crippen LogP contribution in [0.25, 0.3) is 0 Å². The van der Waals surface area contributed by atoms with Crippen molar-refractivity contribution < 1.29 is 19.4 Å². The predicted octanol–water partition coefficient (Wildman–Crippen LogP) is 5.45. The first-order valence-electron chi connectivity index (χ1n) is 10.5. The van der Waals surface area contributed by atoms with Crippen molar-refractivity contribution in [1.82, 2.24) is 5.32 Å². The molecule has 32 heavy (non-hydrogen) atoms. The molecule has 3 aromatic rings. The highest BCUT2D eigenvalue weighted by Crippen LogP contribution is 2.27. The van der Waals surface area contributed by atoms with Crippen molar-refractivity contribution in [3.63, 3.8) is 0 Å². The lowest BCUT2D eigenvalue weighted by Gasteiger charge is -2.20. The van der Waals surface area contributed by atoms with E-state index in [-0.39, 0.29) is 18.4 Å². The molecule has 0 aromatic heterocycles. The van der Waals surface area contributed by atoms with E-state index in [1.165, 1.54) is 0 Å². The van der Waals surface area contributed by atoms with E-state index in [0.717, 1.165) is 17.5 Å². The van der Waals surface area contributed by atoms with Crippen LogP contribution in [0.2, 0.25) is 5.02 Å². The lowest BCUT2D eigenvalue weighted by molar-refractivity contribution is -0.135. The Balaban J connectivity index is 1.67. The van der Waals surface area contributed by atoms with Crippen LogP contribution in [0.15, 0.2) is 72.8 Å². The number of halogens is 1. The van der Waals surface area contributed by atoms with Gasteiger partial charge in [-0.25, -0.2) is 0 Å². The van der Waals surface area contributed by atoms with E-state index in [9.17, 15) is 9.59 Å². The van der Waals surface area contributed by atoms with E-state index in [1.807, 2.05) is 55.5 Å². The summed E-state index contributed by atoms with van der Waals surface area (Å²) in [5.41, 5.74) is 3.34. The minimum absolute atomic E-state index is 0.0321. The van der Waals surface area contributed by atoms with E-state index in [2.05, 4.69) is 5.32 Å². The van der Waals surface area contributed by atoms with Gasteiger partial charge in [-0.2, -0.15) is 0 Å². The van der Waals surface area contributed by atoms with Crippen molar-refractivity contribution >= 4 is 23.4 Å². The molecule has 0 aliphatic carbocycles. The molecular formula is C26H26ClNO4. The summed E-state index contributed by atoms with van der Waals surface area (Å²) in [6, 6.07) is 22.1. The summed E-state index contributed by atoms with van der Waals surface area (Å²) < 4.78 is 6.23. The maximum atomic E-state index is 12.7. The number of carboxylic acid groups (broad SMARTS) is 1. The van der Waals surface area contributed by atoms with Gasteiger partial charge < -0.3 is 15.2 Å². The molecule has 166 valence electrons. The molecule has 0 bridgehead atoms. The quantitative estimate of drug-likeness (QED) is 0.299. The standard InChI is InChI=1S/C26H26ClNO4/c1-18-4-6-20(7-5-18)26(31)21-10-14-23(15-11-21)32-24(3-2-16-28-17-25(29)30)19-8-12-22(27)13-9-19/h4-15,24,28H,2-3,16-17H2,1H3,(H,29,30). The fraction of sp³-hybridized carbons (Fsp3) is 0.231. The minimum atomic E-state index is -0.879. The summed E-state index contributed by atoms with van der Waals surface area (Å²) in [7, 11) is 0. The SMILES string of the molecule is Cc1ccc(C(=O)c2ccc(OC(CCCNCC(=O)O)c3ccc(Cl)cc3)cc2)cc1. The Morgan fingerprint density at radius 3 is 2.12 bits per heavy atom. The summed E-state index contributed by atoms with van der Waals surface area (Å²) in [6.07, 6.45) is 1.21. The highest BCUT2D eigenvalue weighted by atomic mass is 35.5. The second kappa shape index (κ2) is 11.5. The van der Waals surface area contributed by atoms with Crippen LogP contribution in [0, 0.1) is 6.92 Å². The Bertz CT molecular complexity index is 1030. The van der Waals surface area contributed by atoms with Crippen molar-refractivity contribution in [2.24, 2.45) is 0 Å². The van der Waals surface area contributed by atoms with Gasteiger partial charge in [0.1, 0.15) is 11.9 Å². The molecule has 1 atom stereocenters. The number of rotatable bonds is 11. The number of aryl methyl sites for hydroxylation is 1. The van der Waals surface area contributed by atoms with E-state index in [1.54, 1.807) is 24.3 Å². The number of benzene rings is 3. The van der Waals surface area contributed by atoms with Crippen molar-refractivity contribution in [1.29, 1.82) is 0 Å². The Morgan fingerprint density at radius 2 is 1.53 bits per heavy atom. The average Bonchev–Trinajstić information content (AvgIpc) is 2.79. The van der Waals surface area contributed by atoms with Crippen LogP contribution in [0.3, 0.4) is 0 Å². The van der Waals surface area contributed by atoms with Crippen molar-refractivity contribution in [2.45, 2.75) is 25.9 Å². The van der Waals surface area contributed by atoms with Gasteiger partial charge in [0.25, 0.3) is 0 Å². The molecule has 0 amide bonds. The van der Waals surface area contributed by atoms with Crippen LogP contribution in [-0.2, 0) is 4.79 Å². The van der Waals surface area contributed by atoms with Gasteiger partial charge >= 0.3 is 5.97 Å². The minimum Gasteiger partial charge on any atom is -0.486 e. The van der Waals surface area contributed by atoms with E-state index < -0.39 is 5.97 Å². The first kappa shape index (κ1) is 23.5. The molecule has 6 heteroatoms. The second-order valence-corrected chi connectivity index (χ2v) is 8.03. The van der Waals surface area contributed by atoms with Gasteiger partial charge in [0.2, 0.25) is 0 Å². The van der Waals surface area contributed by atoms with Gasteiger partial charge in [0, 0.05) is 16.1 Å². The zero-order valence-electron chi connectivity index (χ0n) is 17.9. The van der Waals surface area contributed by atoms with Crippen molar-refractivity contribution in [3.05, 3.63) is 100 Å². The van der Waals surface area contributed by atoms with Crippen molar-refractivity contribution in [2.75, 3.05) is 13.1 Å². The number of hydrogen-bond donors (Lipinski definition) is 2. The lowest BCUT2D eigenvalue weighted by atomic mass is 10.0. The van der Waals surface area contributed by atoms with Crippen LogP contribution >= 0.6 is 11.6 Å². The summed E-state index contributed by atoms with van der Waals surface area (Å²) in [5.74, 6) is -0.255. The van der Waals surface area contributed by atoms with Crippen LogP contribution in [-0.4, -0.2) is 29.9 Å². The fourth-order valence-corrected chi connectivity index (χ4v) is 3.43. The number of hydrogen-bond acceptors (Lipinski definition) is 4. The average molecular weight is 452 g/mol. The molecule has 2 N–H and O–H groups in total. The molecule has 0 aliphatic heterocycles. The number of ether oxygens (including phenoxy) is 1. The van der Waals surface area contributed by atoms with E-state index in [0.29, 0.717) is 34.9 Å².